The standard InChI is InChI=1S/C15H28O3/c1-12(10-14(16)18-17-4)8-6-5-7-9-13-11-15(13,2)3/h12-13H,5-11H2,1-4H3. The maximum Gasteiger partial charge on any atom is 0.342 e. The molecule has 3 heteroatoms. The molecule has 0 N–H and O–H groups in total. The lowest BCUT2D eigenvalue weighted by molar-refractivity contribution is -0.255. The molecule has 0 aliphatic heterocycles. The maximum atomic E-state index is 11.2. The number of carbonyl (C=O) groups excluding carboxylic acids is 1. The highest BCUT2D eigenvalue weighted by atomic mass is 17.2. The van der Waals surface area contributed by atoms with Crippen molar-refractivity contribution in [2.24, 2.45) is 17.3 Å². The van der Waals surface area contributed by atoms with Crippen LogP contribution >= 0.6 is 0 Å². The molecule has 0 amide bonds. The fourth-order valence-corrected chi connectivity index (χ4v) is 2.64. The van der Waals surface area contributed by atoms with Crippen molar-refractivity contribution in [3.63, 3.8) is 0 Å². The summed E-state index contributed by atoms with van der Waals surface area (Å²) in [6, 6.07) is 0. The fourth-order valence-electron chi connectivity index (χ4n) is 2.64. The molecule has 0 aromatic rings. The van der Waals surface area contributed by atoms with Gasteiger partial charge in [0, 0.05) is 0 Å². The highest BCUT2D eigenvalue weighted by molar-refractivity contribution is 5.68. The summed E-state index contributed by atoms with van der Waals surface area (Å²) in [5.41, 5.74) is 0.622. The Morgan fingerprint density at radius 1 is 1.33 bits per heavy atom. The Labute approximate surface area is 111 Å². The van der Waals surface area contributed by atoms with Crippen LogP contribution in [-0.2, 0) is 14.6 Å². The molecule has 0 saturated heterocycles. The van der Waals surface area contributed by atoms with Crippen LogP contribution in [0.1, 0.15) is 65.7 Å². The molecule has 0 heterocycles. The number of hydrogen-bond donors (Lipinski definition) is 0. The molecular weight excluding hydrogens is 228 g/mol. The van der Waals surface area contributed by atoms with Gasteiger partial charge in [-0.1, -0.05) is 46.5 Å². The van der Waals surface area contributed by atoms with Gasteiger partial charge in [0.2, 0.25) is 0 Å². The van der Waals surface area contributed by atoms with E-state index in [0.29, 0.717) is 17.8 Å². The van der Waals surface area contributed by atoms with Crippen molar-refractivity contribution in [3.05, 3.63) is 0 Å². The second-order valence-electron chi connectivity index (χ2n) is 6.46. The summed E-state index contributed by atoms with van der Waals surface area (Å²) in [6.07, 6.45) is 8.20. The first kappa shape index (κ1) is 15.5. The zero-order valence-corrected chi connectivity index (χ0v) is 12.3. The van der Waals surface area contributed by atoms with Gasteiger partial charge in [0.1, 0.15) is 0 Å². The predicted molar refractivity (Wildman–Crippen MR) is 71.9 cm³/mol. The minimum atomic E-state index is -0.260. The highest BCUT2D eigenvalue weighted by Gasteiger charge is 2.44. The lowest BCUT2D eigenvalue weighted by Gasteiger charge is -2.09. The van der Waals surface area contributed by atoms with E-state index in [4.69, 9.17) is 0 Å². The number of unbranched alkanes of at least 4 members (excludes halogenated alkanes) is 2. The Hall–Kier alpha value is -0.570. The van der Waals surface area contributed by atoms with Crippen molar-refractivity contribution in [2.75, 3.05) is 7.11 Å². The van der Waals surface area contributed by atoms with Gasteiger partial charge < -0.3 is 0 Å². The first-order valence-electron chi connectivity index (χ1n) is 7.19. The summed E-state index contributed by atoms with van der Waals surface area (Å²) in [5.74, 6) is 1.10. The zero-order chi connectivity index (χ0) is 13.6. The Morgan fingerprint density at radius 3 is 2.56 bits per heavy atom. The van der Waals surface area contributed by atoms with E-state index in [2.05, 4.69) is 30.5 Å². The van der Waals surface area contributed by atoms with E-state index in [1.54, 1.807) is 0 Å². The lowest BCUT2D eigenvalue weighted by Crippen LogP contribution is -2.08. The normalized spacial score (nSPS) is 22.6. The van der Waals surface area contributed by atoms with E-state index in [1.807, 2.05) is 0 Å². The molecule has 2 unspecified atom stereocenters. The minimum absolute atomic E-state index is 0.260. The quantitative estimate of drug-likeness (QED) is 0.354. The number of carbonyl (C=O) groups is 1. The van der Waals surface area contributed by atoms with Crippen molar-refractivity contribution < 1.29 is 14.6 Å². The van der Waals surface area contributed by atoms with Crippen LogP contribution in [0.15, 0.2) is 0 Å². The van der Waals surface area contributed by atoms with Gasteiger partial charge in [-0.05, 0) is 30.1 Å². The van der Waals surface area contributed by atoms with Gasteiger partial charge in [-0.25, -0.2) is 4.79 Å². The van der Waals surface area contributed by atoms with E-state index in [0.717, 1.165) is 12.3 Å². The second kappa shape index (κ2) is 7.13. The molecule has 1 fully saturated rings. The Kier molecular flexibility index (Phi) is 6.13. The summed E-state index contributed by atoms with van der Waals surface area (Å²) < 4.78 is 0. The molecule has 2 atom stereocenters. The van der Waals surface area contributed by atoms with Crippen molar-refractivity contribution in [1.29, 1.82) is 0 Å². The summed E-state index contributed by atoms with van der Waals surface area (Å²) in [7, 11) is 1.36. The van der Waals surface area contributed by atoms with Crippen LogP contribution in [0, 0.1) is 17.3 Å². The van der Waals surface area contributed by atoms with Gasteiger partial charge >= 0.3 is 5.97 Å². The number of rotatable bonds is 9. The molecule has 1 aliphatic rings. The Morgan fingerprint density at radius 2 is 2.00 bits per heavy atom. The first-order valence-corrected chi connectivity index (χ1v) is 7.19. The summed E-state index contributed by atoms with van der Waals surface area (Å²) in [4.78, 5) is 20.0. The predicted octanol–water partition coefficient (Wildman–Crippen LogP) is 4.11. The van der Waals surface area contributed by atoms with E-state index in [9.17, 15) is 4.79 Å². The van der Waals surface area contributed by atoms with E-state index < -0.39 is 0 Å². The molecule has 0 aromatic heterocycles. The highest BCUT2D eigenvalue weighted by Crippen LogP contribution is 2.54. The van der Waals surface area contributed by atoms with Gasteiger partial charge in [-0.3, -0.25) is 4.89 Å². The van der Waals surface area contributed by atoms with E-state index in [1.165, 1.54) is 39.2 Å². The minimum Gasteiger partial charge on any atom is -0.299 e. The molecule has 18 heavy (non-hydrogen) atoms. The van der Waals surface area contributed by atoms with Gasteiger partial charge in [0.05, 0.1) is 13.5 Å². The van der Waals surface area contributed by atoms with Crippen LogP contribution in [0.4, 0.5) is 0 Å². The topological polar surface area (TPSA) is 35.5 Å². The molecule has 1 aliphatic carbocycles. The van der Waals surface area contributed by atoms with Crippen molar-refractivity contribution in [1.82, 2.24) is 0 Å². The molecule has 0 radical (unpaired) electrons. The fraction of sp³-hybridized carbons (Fsp3) is 0.933. The summed E-state index contributed by atoms with van der Waals surface area (Å²) in [6.45, 7) is 6.82. The molecular formula is C15H28O3. The van der Waals surface area contributed by atoms with E-state index >= 15 is 0 Å². The van der Waals surface area contributed by atoms with Gasteiger partial charge in [-0.15, -0.1) is 0 Å². The third kappa shape index (κ3) is 5.85. The maximum absolute atomic E-state index is 11.2. The molecule has 0 spiro atoms. The largest absolute Gasteiger partial charge is 0.342 e. The third-order valence-corrected chi connectivity index (χ3v) is 4.16. The van der Waals surface area contributed by atoms with Gasteiger partial charge in [0.25, 0.3) is 0 Å². The van der Waals surface area contributed by atoms with Crippen LogP contribution in [-0.4, -0.2) is 13.1 Å². The average molecular weight is 256 g/mol. The smallest absolute Gasteiger partial charge is 0.299 e. The van der Waals surface area contributed by atoms with E-state index in [-0.39, 0.29) is 5.97 Å². The first-order chi connectivity index (χ1) is 8.45. The van der Waals surface area contributed by atoms with Crippen molar-refractivity contribution in [2.45, 2.75) is 65.7 Å². The monoisotopic (exact) mass is 256 g/mol. The van der Waals surface area contributed by atoms with Crippen LogP contribution in [0.3, 0.4) is 0 Å². The van der Waals surface area contributed by atoms with Crippen LogP contribution < -0.4 is 0 Å². The Bertz CT molecular complexity index is 260. The van der Waals surface area contributed by atoms with Crippen LogP contribution in [0.25, 0.3) is 0 Å². The second-order valence-corrected chi connectivity index (χ2v) is 6.46. The lowest BCUT2D eigenvalue weighted by atomic mass is 9.98. The zero-order valence-electron chi connectivity index (χ0n) is 12.3. The van der Waals surface area contributed by atoms with Gasteiger partial charge in [-0.2, -0.15) is 4.89 Å². The Balaban J connectivity index is 1.92. The van der Waals surface area contributed by atoms with Crippen molar-refractivity contribution in [3.8, 4) is 0 Å². The number of hydrogen-bond acceptors (Lipinski definition) is 3. The molecule has 0 aromatic carbocycles. The molecule has 1 saturated carbocycles. The average Bonchev–Trinajstić information content (AvgIpc) is 2.86. The molecule has 3 nitrogen and oxygen atoms in total. The van der Waals surface area contributed by atoms with Gasteiger partial charge in [0.15, 0.2) is 0 Å². The summed E-state index contributed by atoms with van der Waals surface area (Å²) >= 11 is 0. The van der Waals surface area contributed by atoms with Crippen LogP contribution in [0.2, 0.25) is 0 Å². The molecule has 1 rings (SSSR count). The van der Waals surface area contributed by atoms with Crippen molar-refractivity contribution >= 4 is 5.97 Å². The van der Waals surface area contributed by atoms with Crippen LogP contribution in [0.5, 0.6) is 0 Å². The molecule has 106 valence electrons. The summed E-state index contributed by atoms with van der Waals surface area (Å²) in [5, 5.41) is 0. The third-order valence-electron chi connectivity index (χ3n) is 4.16. The SMILES string of the molecule is COOC(=O)CC(C)CCCCCC1CC1(C)C. The molecule has 0 bridgehead atoms.